The Kier molecular flexibility index (Phi) is 5.23. The second-order valence-corrected chi connectivity index (χ2v) is 7.60. The zero-order valence-corrected chi connectivity index (χ0v) is 14.0. The van der Waals surface area contributed by atoms with E-state index in [1.807, 2.05) is 4.90 Å². The highest BCUT2D eigenvalue weighted by Crippen LogP contribution is 2.32. The average molecular weight is 342 g/mol. The van der Waals surface area contributed by atoms with Crippen molar-refractivity contribution in [2.24, 2.45) is 5.14 Å². The van der Waals surface area contributed by atoms with Crippen molar-refractivity contribution in [1.29, 1.82) is 0 Å². The van der Waals surface area contributed by atoms with Crippen molar-refractivity contribution in [2.75, 3.05) is 18.0 Å². The Morgan fingerprint density at radius 1 is 1.35 bits per heavy atom. The molecule has 2 rings (SSSR count). The van der Waals surface area contributed by atoms with Crippen molar-refractivity contribution in [3.8, 4) is 0 Å². The topological polar surface area (TPSA) is 119 Å². The first kappa shape index (κ1) is 17.6. The first-order valence-electron chi connectivity index (χ1n) is 7.50. The number of piperidine rings is 1. The quantitative estimate of drug-likeness (QED) is 0.613. The van der Waals surface area contributed by atoms with Crippen LogP contribution in [0.3, 0.4) is 0 Å². The van der Waals surface area contributed by atoms with Crippen molar-refractivity contribution < 1.29 is 13.3 Å². The van der Waals surface area contributed by atoms with E-state index >= 15 is 0 Å². The minimum absolute atomic E-state index is 0.230. The van der Waals surface area contributed by atoms with Gasteiger partial charge >= 0.3 is 0 Å². The zero-order chi connectivity index (χ0) is 17.2. The number of nitro groups is 1. The highest BCUT2D eigenvalue weighted by Gasteiger charge is 2.26. The number of rotatable bonds is 5. The van der Waals surface area contributed by atoms with Gasteiger partial charge in [0.25, 0.3) is 5.69 Å². The molecule has 1 aliphatic rings. The number of primary sulfonamides is 1. The largest absolute Gasteiger partial charge is 0.366 e. The van der Waals surface area contributed by atoms with Gasteiger partial charge in [-0.15, -0.1) is 0 Å². The van der Waals surface area contributed by atoms with E-state index in [2.05, 4.69) is 19.2 Å². The van der Waals surface area contributed by atoms with Crippen molar-refractivity contribution in [1.82, 2.24) is 5.32 Å². The van der Waals surface area contributed by atoms with E-state index in [1.165, 1.54) is 12.1 Å². The summed E-state index contributed by atoms with van der Waals surface area (Å²) in [7, 11) is -3.96. The van der Waals surface area contributed by atoms with E-state index in [-0.39, 0.29) is 10.6 Å². The minimum Gasteiger partial charge on any atom is -0.366 e. The van der Waals surface area contributed by atoms with E-state index in [0.29, 0.717) is 30.9 Å². The predicted octanol–water partition coefficient (Wildman–Crippen LogP) is 1.21. The van der Waals surface area contributed by atoms with E-state index in [9.17, 15) is 18.5 Å². The molecule has 1 heterocycles. The molecule has 0 aliphatic carbocycles. The van der Waals surface area contributed by atoms with Crippen LogP contribution >= 0.6 is 0 Å². The molecule has 1 aromatic rings. The number of benzene rings is 1. The standard InChI is InChI=1S/C14H22N4O4S/c1-10(2)16-11-5-7-17(8-6-11)13-4-3-12(23(15,21)22)9-14(13)18(19)20/h3-4,9-11,16H,5-8H2,1-2H3,(H2,15,21,22). The summed E-state index contributed by atoms with van der Waals surface area (Å²) in [4.78, 5) is 12.4. The van der Waals surface area contributed by atoms with Crippen LogP contribution in [0.5, 0.6) is 0 Å². The van der Waals surface area contributed by atoms with E-state index in [1.54, 1.807) is 0 Å². The van der Waals surface area contributed by atoms with Gasteiger partial charge in [-0.3, -0.25) is 10.1 Å². The SMILES string of the molecule is CC(C)NC1CCN(c2ccc(S(N)(=O)=O)cc2[N+](=O)[O-])CC1. The Balaban J connectivity index is 2.22. The maximum Gasteiger partial charge on any atom is 0.293 e. The molecule has 0 aromatic heterocycles. The number of nitrogens with zero attached hydrogens (tertiary/aromatic N) is 2. The number of nitro benzene ring substituents is 1. The Morgan fingerprint density at radius 3 is 2.43 bits per heavy atom. The third-order valence-corrected chi connectivity index (χ3v) is 4.79. The van der Waals surface area contributed by atoms with Gasteiger partial charge in [-0.2, -0.15) is 0 Å². The molecule has 128 valence electrons. The van der Waals surface area contributed by atoms with Crippen LogP contribution < -0.4 is 15.4 Å². The molecule has 0 amide bonds. The lowest BCUT2D eigenvalue weighted by atomic mass is 10.0. The van der Waals surface area contributed by atoms with Crippen LogP contribution in [-0.2, 0) is 10.0 Å². The molecule has 1 aromatic carbocycles. The Bertz CT molecular complexity index is 682. The number of anilines is 1. The predicted molar refractivity (Wildman–Crippen MR) is 88.0 cm³/mol. The lowest BCUT2D eigenvalue weighted by Crippen LogP contribution is -2.44. The fourth-order valence-electron chi connectivity index (χ4n) is 2.85. The lowest BCUT2D eigenvalue weighted by Gasteiger charge is -2.34. The highest BCUT2D eigenvalue weighted by molar-refractivity contribution is 7.89. The summed E-state index contributed by atoms with van der Waals surface area (Å²) in [5, 5.41) is 19.8. The summed E-state index contributed by atoms with van der Waals surface area (Å²) in [6.07, 6.45) is 1.76. The zero-order valence-electron chi connectivity index (χ0n) is 13.2. The van der Waals surface area contributed by atoms with Gasteiger partial charge < -0.3 is 10.2 Å². The second kappa shape index (κ2) is 6.81. The van der Waals surface area contributed by atoms with Crippen LogP contribution in [0.1, 0.15) is 26.7 Å². The third kappa shape index (κ3) is 4.40. The maximum absolute atomic E-state index is 11.4. The van der Waals surface area contributed by atoms with Gasteiger partial charge in [0.15, 0.2) is 0 Å². The van der Waals surface area contributed by atoms with Gasteiger partial charge in [-0.05, 0) is 25.0 Å². The van der Waals surface area contributed by atoms with Crippen LogP contribution in [0.25, 0.3) is 0 Å². The van der Waals surface area contributed by atoms with Gasteiger partial charge in [0.2, 0.25) is 10.0 Å². The Morgan fingerprint density at radius 2 is 1.96 bits per heavy atom. The third-order valence-electron chi connectivity index (χ3n) is 3.88. The normalized spacial score (nSPS) is 16.8. The molecule has 0 atom stereocenters. The smallest absolute Gasteiger partial charge is 0.293 e. The van der Waals surface area contributed by atoms with Crippen molar-refractivity contribution in [3.05, 3.63) is 28.3 Å². The van der Waals surface area contributed by atoms with Crippen molar-refractivity contribution in [3.63, 3.8) is 0 Å². The second-order valence-electron chi connectivity index (χ2n) is 6.04. The first-order chi connectivity index (χ1) is 10.7. The number of hydrogen-bond acceptors (Lipinski definition) is 6. The van der Waals surface area contributed by atoms with E-state index in [4.69, 9.17) is 5.14 Å². The molecule has 8 nitrogen and oxygen atoms in total. The van der Waals surface area contributed by atoms with Crippen LogP contribution in [-0.4, -0.2) is 38.5 Å². The number of hydrogen-bond donors (Lipinski definition) is 2. The molecule has 0 saturated carbocycles. The summed E-state index contributed by atoms with van der Waals surface area (Å²) in [5.74, 6) is 0. The number of sulfonamides is 1. The van der Waals surface area contributed by atoms with Gasteiger partial charge in [-0.1, -0.05) is 13.8 Å². The molecule has 3 N–H and O–H groups in total. The highest BCUT2D eigenvalue weighted by atomic mass is 32.2. The van der Waals surface area contributed by atoms with Gasteiger partial charge in [0, 0.05) is 31.2 Å². The molecule has 0 radical (unpaired) electrons. The molecule has 0 spiro atoms. The number of nitrogens with one attached hydrogen (secondary N) is 1. The molecule has 23 heavy (non-hydrogen) atoms. The van der Waals surface area contributed by atoms with Gasteiger partial charge in [0.05, 0.1) is 9.82 Å². The van der Waals surface area contributed by atoms with Crippen LogP contribution in [0.2, 0.25) is 0 Å². The number of nitrogens with two attached hydrogens (primary N) is 1. The summed E-state index contributed by atoms with van der Waals surface area (Å²) in [6, 6.07) is 4.61. The summed E-state index contributed by atoms with van der Waals surface area (Å²) in [6.45, 7) is 5.53. The molecular weight excluding hydrogens is 320 g/mol. The Labute approximate surface area is 135 Å². The molecule has 0 unspecified atom stereocenters. The molecule has 1 fully saturated rings. The van der Waals surface area contributed by atoms with Crippen LogP contribution in [0.4, 0.5) is 11.4 Å². The summed E-state index contributed by atoms with van der Waals surface area (Å²) < 4.78 is 22.7. The van der Waals surface area contributed by atoms with Crippen LogP contribution in [0.15, 0.2) is 23.1 Å². The lowest BCUT2D eigenvalue weighted by molar-refractivity contribution is -0.384. The summed E-state index contributed by atoms with van der Waals surface area (Å²) in [5.41, 5.74) is 0.206. The van der Waals surface area contributed by atoms with E-state index in [0.717, 1.165) is 18.9 Å². The molecule has 9 heteroatoms. The molecular formula is C14H22N4O4S. The molecule has 1 aliphatic heterocycles. The van der Waals surface area contributed by atoms with Crippen LogP contribution in [0, 0.1) is 10.1 Å². The van der Waals surface area contributed by atoms with E-state index < -0.39 is 14.9 Å². The monoisotopic (exact) mass is 342 g/mol. The molecule has 0 bridgehead atoms. The van der Waals surface area contributed by atoms with Gasteiger partial charge in [-0.25, -0.2) is 13.6 Å². The first-order valence-corrected chi connectivity index (χ1v) is 9.05. The summed E-state index contributed by atoms with van der Waals surface area (Å²) >= 11 is 0. The fourth-order valence-corrected chi connectivity index (χ4v) is 3.39. The molecule has 1 saturated heterocycles. The minimum atomic E-state index is -3.96. The maximum atomic E-state index is 11.4. The van der Waals surface area contributed by atoms with Crippen molar-refractivity contribution >= 4 is 21.4 Å². The average Bonchev–Trinajstić information content (AvgIpc) is 2.46. The Hall–Kier alpha value is -1.71. The van der Waals surface area contributed by atoms with Gasteiger partial charge in [0.1, 0.15) is 5.69 Å². The fraction of sp³-hybridized carbons (Fsp3) is 0.571. The van der Waals surface area contributed by atoms with Crippen molar-refractivity contribution in [2.45, 2.75) is 43.7 Å².